The third-order valence-corrected chi connectivity index (χ3v) is 7.26. The van der Waals surface area contributed by atoms with Crippen molar-refractivity contribution in [3.63, 3.8) is 0 Å². The van der Waals surface area contributed by atoms with Crippen LogP contribution in [-0.4, -0.2) is 28.4 Å². The van der Waals surface area contributed by atoms with Gasteiger partial charge in [-0.1, -0.05) is 26.3 Å². The second-order valence-electron chi connectivity index (χ2n) is 8.66. The summed E-state index contributed by atoms with van der Waals surface area (Å²) in [5, 5.41) is 9.79. The van der Waals surface area contributed by atoms with E-state index >= 15 is 0 Å². The predicted molar refractivity (Wildman–Crippen MR) is 99.7 cm³/mol. The number of phenols is 1. The molecule has 2 aliphatic carbocycles. The second kappa shape index (κ2) is 6.40. The Morgan fingerprint density at radius 1 is 1.27 bits per heavy atom. The predicted octanol–water partition coefficient (Wildman–Crippen LogP) is 4.01. The van der Waals surface area contributed by atoms with Crippen LogP contribution in [-0.2, 0) is 16.0 Å². The lowest BCUT2D eigenvalue weighted by molar-refractivity contribution is -0.167. The van der Waals surface area contributed by atoms with Crippen molar-refractivity contribution in [3.05, 3.63) is 29.3 Å². The van der Waals surface area contributed by atoms with Gasteiger partial charge in [-0.05, 0) is 73.1 Å². The summed E-state index contributed by atoms with van der Waals surface area (Å²) in [6.45, 7) is 4.77. The average Bonchev–Trinajstić information content (AvgIpc) is 2.62. The molecule has 0 bridgehead atoms. The molecule has 0 aromatic heterocycles. The van der Waals surface area contributed by atoms with Gasteiger partial charge in [0, 0.05) is 13.0 Å². The van der Waals surface area contributed by atoms with Crippen molar-refractivity contribution < 1.29 is 14.7 Å². The maximum Gasteiger partial charge on any atom is 0.235 e. The summed E-state index contributed by atoms with van der Waals surface area (Å²) in [6.07, 6.45) is 6.19. The molecule has 0 radical (unpaired) electrons. The number of amides is 2. The highest BCUT2D eigenvalue weighted by atomic mass is 16.3. The van der Waals surface area contributed by atoms with Gasteiger partial charge in [0.1, 0.15) is 5.75 Å². The van der Waals surface area contributed by atoms with E-state index in [-0.39, 0.29) is 17.7 Å². The highest BCUT2D eigenvalue weighted by Crippen LogP contribution is 2.58. The number of rotatable bonds is 3. The molecule has 4 heteroatoms. The maximum atomic E-state index is 13.2. The fourth-order valence-corrected chi connectivity index (χ4v) is 5.79. The molecule has 1 N–H and O–H groups in total. The maximum absolute atomic E-state index is 13.2. The number of unbranched alkanes of at least 4 members (excludes halogenated alkanes) is 1. The lowest BCUT2D eigenvalue weighted by atomic mass is 9.52. The van der Waals surface area contributed by atoms with Crippen LogP contribution in [0.5, 0.6) is 5.75 Å². The van der Waals surface area contributed by atoms with Crippen molar-refractivity contribution in [2.75, 3.05) is 6.54 Å². The minimum Gasteiger partial charge on any atom is -0.508 e. The SMILES string of the molecule is CCCCN1C(=O)C[C@H]2[C@@H]3CCc4cc(O)ccc4[C@H]3CC[C@]2(C)C1=O. The number of likely N-dealkylation sites (tertiary alicyclic amines) is 1. The van der Waals surface area contributed by atoms with Crippen LogP contribution in [0.1, 0.15) is 69.4 Å². The molecule has 0 unspecified atom stereocenters. The Bertz CT molecular complexity index is 743. The number of aromatic hydroxyl groups is 1. The molecule has 4 nitrogen and oxygen atoms in total. The standard InChI is InChI=1S/C22H29NO3/c1-3-4-11-23-20(25)13-19-18-7-5-14-12-15(24)6-8-16(14)17(18)9-10-22(19,2)21(23)26/h6,8,12,17-19,24H,3-5,7,9-11,13H2,1-2H3/t17-,18-,19+,22+/m1/s1. The third kappa shape index (κ3) is 2.57. The number of fused-ring (bicyclic) bond motifs is 5. The Kier molecular flexibility index (Phi) is 4.32. The number of nitrogens with zero attached hydrogens (tertiary/aromatic N) is 1. The Morgan fingerprint density at radius 3 is 2.85 bits per heavy atom. The van der Waals surface area contributed by atoms with Crippen LogP contribution < -0.4 is 0 Å². The van der Waals surface area contributed by atoms with E-state index in [1.54, 1.807) is 11.0 Å². The van der Waals surface area contributed by atoms with Crippen molar-refractivity contribution in [1.82, 2.24) is 4.90 Å². The molecule has 1 heterocycles. The fourth-order valence-electron chi connectivity index (χ4n) is 5.79. The van der Waals surface area contributed by atoms with Gasteiger partial charge in [-0.15, -0.1) is 0 Å². The van der Waals surface area contributed by atoms with Crippen molar-refractivity contribution in [2.24, 2.45) is 17.3 Å². The van der Waals surface area contributed by atoms with E-state index in [2.05, 4.69) is 19.9 Å². The van der Waals surface area contributed by atoms with Crippen molar-refractivity contribution >= 4 is 11.8 Å². The molecule has 4 atom stereocenters. The van der Waals surface area contributed by atoms with Gasteiger partial charge >= 0.3 is 0 Å². The topological polar surface area (TPSA) is 57.6 Å². The molecule has 1 saturated carbocycles. The largest absolute Gasteiger partial charge is 0.508 e. The van der Waals surface area contributed by atoms with E-state index < -0.39 is 5.41 Å². The molecule has 1 aliphatic heterocycles. The first-order chi connectivity index (χ1) is 12.5. The summed E-state index contributed by atoms with van der Waals surface area (Å²) in [5.74, 6) is 1.40. The summed E-state index contributed by atoms with van der Waals surface area (Å²) >= 11 is 0. The van der Waals surface area contributed by atoms with Gasteiger partial charge in [-0.2, -0.15) is 0 Å². The third-order valence-electron chi connectivity index (χ3n) is 7.26. The number of benzene rings is 1. The highest BCUT2D eigenvalue weighted by molar-refractivity contribution is 6.01. The lowest BCUT2D eigenvalue weighted by Crippen LogP contribution is -2.59. The van der Waals surface area contributed by atoms with Crippen LogP contribution in [0.3, 0.4) is 0 Å². The van der Waals surface area contributed by atoms with Crippen LogP contribution in [0.15, 0.2) is 18.2 Å². The Hall–Kier alpha value is -1.84. The first-order valence-electron chi connectivity index (χ1n) is 10.1. The molecule has 4 rings (SSSR count). The summed E-state index contributed by atoms with van der Waals surface area (Å²) < 4.78 is 0. The number of carbonyl (C=O) groups is 2. The summed E-state index contributed by atoms with van der Waals surface area (Å²) in [4.78, 5) is 27.5. The van der Waals surface area contributed by atoms with Gasteiger partial charge in [0.15, 0.2) is 0 Å². The molecule has 0 spiro atoms. The number of carbonyl (C=O) groups excluding carboxylic acids is 2. The molecule has 1 aromatic carbocycles. The van der Waals surface area contributed by atoms with Crippen molar-refractivity contribution in [2.45, 2.75) is 64.7 Å². The van der Waals surface area contributed by atoms with Crippen LogP contribution in [0, 0.1) is 17.3 Å². The van der Waals surface area contributed by atoms with E-state index in [4.69, 9.17) is 0 Å². The normalized spacial score (nSPS) is 33.5. The minimum atomic E-state index is -0.392. The quantitative estimate of drug-likeness (QED) is 0.833. The van der Waals surface area contributed by atoms with E-state index in [1.165, 1.54) is 11.1 Å². The van der Waals surface area contributed by atoms with Gasteiger partial charge < -0.3 is 5.11 Å². The number of imide groups is 1. The van der Waals surface area contributed by atoms with E-state index in [9.17, 15) is 14.7 Å². The molecule has 26 heavy (non-hydrogen) atoms. The molecule has 1 aromatic rings. The van der Waals surface area contributed by atoms with Gasteiger partial charge in [-0.25, -0.2) is 0 Å². The second-order valence-corrected chi connectivity index (χ2v) is 8.66. The van der Waals surface area contributed by atoms with Crippen LogP contribution in [0.2, 0.25) is 0 Å². The molecule has 2 amide bonds. The summed E-state index contributed by atoms with van der Waals surface area (Å²) in [7, 11) is 0. The van der Waals surface area contributed by atoms with E-state index in [1.807, 2.05) is 6.07 Å². The summed E-state index contributed by atoms with van der Waals surface area (Å²) in [6, 6.07) is 5.73. The zero-order chi connectivity index (χ0) is 18.5. The zero-order valence-corrected chi connectivity index (χ0v) is 15.8. The number of phenolic OH excluding ortho intramolecular Hbond substituents is 1. The van der Waals surface area contributed by atoms with E-state index in [0.29, 0.717) is 30.6 Å². The molecule has 1 saturated heterocycles. The van der Waals surface area contributed by atoms with Gasteiger partial charge in [0.25, 0.3) is 0 Å². The monoisotopic (exact) mass is 355 g/mol. The first-order valence-corrected chi connectivity index (χ1v) is 10.1. The van der Waals surface area contributed by atoms with Crippen LogP contribution in [0.25, 0.3) is 0 Å². The minimum absolute atomic E-state index is 0.0306. The fraction of sp³-hybridized carbons (Fsp3) is 0.636. The molecule has 2 fully saturated rings. The average molecular weight is 355 g/mol. The number of hydrogen-bond donors (Lipinski definition) is 1. The van der Waals surface area contributed by atoms with Crippen LogP contribution in [0.4, 0.5) is 0 Å². The van der Waals surface area contributed by atoms with Gasteiger partial charge in [0.05, 0.1) is 5.41 Å². The van der Waals surface area contributed by atoms with Crippen molar-refractivity contribution in [3.8, 4) is 5.75 Å². The first kappa shape index (κ1) is 17.6. The lowest BCUT2D eigenvalue weighted by Gasteiger charge is -2.54. The molecular formula is C22H29NO3. The Morgan fingerprint density at radius 2 is 2.08 bits per heavy atom. The Labute approximate surface area is 155 Å². The van der Waals surface area contributed by atoms with Gasteiger partial charge in [-0.3, -0.25) is 14.5 Å². The molecule has 3 aliphatic rings. The van der Waals surface area contributed by atoms with E-state index in [0.717, 1.165) is 38.5 Å². The number of aryl methyl sites for hydroxylation is 1. The number of hydrogen-bond acceptors (Lipinski definition) is 3. The van der Waals surface area contributed by atoms with Crippen molar-refractivity contribution in [1.29, 1.82) is 0 Å². The van der Waals surface area contributed by atoms with Crippen LogP contribution >= 0.6 is 0 Å². The smallest absolute Gasteiger partial charge is 0.235 e. The Balaban J connectivity index is 1.64. The summed E-state index contributed by atoms with van der Waals surface area (Å²) in [5.41, 5.74) is 2.18. The molecule has 140 valence electrons. The zero-order valence-electron chi connectivity index (χ0n) is 15.8. The number of piperidine rings is 1. The van der Waals surface area contributed by atoms with Gasteiger partial charge in [0.2, 0.25) is 11.8 Å². The molecular weight excluding hydrogens is 326 g/mol. The highest BCUT2D eigenvalue weighted by Gasteiger charge is 2.57.